The minimum Gasteiger partial charge on any atom is -1.00 e. The van der Waals surface area contributed by atoms with Gasteiger partial charge < -0.3 is 18.1 Å². The van der Waals surface area contributed by atoms with Crippen LogP contribution < -0.4 is 18.1 Å². The van der Waals surface area contributed by atoms with Crippen molar-refractivity contribution in [1.29, 1.82) is 0 Å². The first-order valence-corrected chi connectivity index (χ1v) is 7.20. The summed E-state index contributed by atoms with van der Waals surface area (Å²) >= 11 is 12.1. The van der Waals surface area contributed by atoms with E-state index in [-0.39, 0.29) is 12.4 Å². The van der Waals surface area contributed by atoms with E-state index in [4.69, 9.17) is 23.2 Å². The minimum atomic E-state index is 0. The van der Waals surface area contributed by atoms with E-state index in [1.54, 1.807) is 0 Å². The van der Waals surface area contributed by atoms with Crippen LogP contribution in [0.2, 0.25) is 10.0 Å². The van der Waals surface area contributed by atoms with Crippen molar-refractivity contribution in [3.05, 3.63) is 33.8 Å². The molecule has 0 heterocycles. The highest BCUT2D eigenvalue weighted by molar-refractivity contribution is 6.42. The zero-order chi connectivity index (χ0) is 12.0. The van der Waals surface area contributed by atoms with Crippen molar-refractivity contribution in [2.24, 2.45) is 17.8 Å². The highest BCUT2D eigenvalue weighted by Crippen LogP contribution is 2.56. The molecule has 4 heteroatoms. The van der Waals surface area contributed by atoms with E-state index in [0.29, 0.717) is 16.0 Å². The topological polar surface area (TPSA) is 27.6 Å². The van der Waals surface area contributed by atoms with Crippen molar-refractivity contribution in [3.8, 4) is 0 Å². The normalized spacial score (nSPS) is 33.5. The van der Waals surface area contributed by atoms with Gasteiger partial charge in [-0.25, -0.2) is 0 Å². The van der Waals surface area contributed by atoms with Gasteiger partial charge >= 0.3 is 0 Å². The molecule has 1 nitrogen and oxygen atoms in total. The summed E-state index contributed by atoms with van der Waals surface area (Å²) < 4.78 is 0. The molecule has 2 bridgehead atoms. The third-order valence-electron chi connectivity index (χ3n) is 4.75. The first-order chi connectivity index (χ1) is 8.20. The Kier molecular flexibility index (Phi) is 4.48. The predicted octanol–water partition coefficient (Wildman–Crippen LogP) is 0.369. The summed E-state index contributed by atoms with van der Waals surface area (Å²) in [6.07, 6.45) is 4.18. The van der Waals surface area contributed by atoms with Crippen molar-refractivity contribution in [1.82, 2.24) is 0 Å². The Morgan fingerprint density at radius 2 is 1.83 bits per heavy atom. The fraction of sp³-hybridized carbons (Fsp3) is 0.571. The van der Waals surface area contributed by atoms with Crippen LogP contribution in [0.5, 0.6) is 0 Å². The van der Waals surface area contributed by atoms with Crippen molar-refractivity contribution >= 4 is 23.2 Å². The summed E-state index contributed by atoms with van der Waals surface area (Å²) in [5, 5.41) is 1.35. The fourth-order valence-corrected chi connectivity index (χ4v) is 4.37. The molecule has 3 N–H and O–H groups in total. The molecule has 2 fully saturated rings. The third-order valence-corrected chi connectivity index (χ3v) is 5.49. The van der Waals surface area contributed by atoms with E-state index in [9.17, 15) is 0 Å². The molecule has 0 radical (unpaired) electrons. The summed E-state index contributed by atoms with van der Waals surface area (Å²) in [6, 6.07) is 6.16. The van der Waals surface area contributed by atoms with E-state index in [1.165, 1.54) is 24.8 Å². The Labute approximate surface area is 124 Å². The number of fused-ring (bicyclic) bond motifs is 2. The number of hydrogen-bond acceptors (Lipinski definition) is 0. The monoisotopic (exact) mass is 305 g/mol. The maximum absolute atomic E-state index is 6.14. The second-order valence-corrected chi connectivity index (χ2v) is 6.30. The molecular formula is C14H18Cl3N. The Morgan fingerprint density at radius 3 is 2.50 bits per heavy atom. The summed E-state index contributed by atoms with van der Waals surface area (Å²) in [5.74, 6) is 3.17. The number of halogens is 3. The third kappa shape index (κ3) is 2.27. The SMILES string of the molecule is [Cl-].[NH3+]C[C@H]1[C@@H]2CC[C@@H](C2)[C@@H]1c1ccc(Cl)c(Cl)c1. The standard InChI is InChI=1S/C14H17Cl2N.ClH/c15-12-4-3-10(6-13(12)16)14-9-2-1-8(5-9)11(14)7-17;/h3-4,6,8-9,11,14H,1-2,5,7,17H2;1H/t8-,9+,11+,14-;/m1./s1. The maximum atomic E-state index is 6.14. The van der Waals surface area contributed by atoms with E-state index in [1.807, 2.05) is 6.07 Å². The smallest absolute Gasteiger partial charge is 0.0777 e. The quantitative estimate of drug-likeness (QED) is 0.818. The molecule has 1 aromatic carbocycles. The molecule has 4 atom stereocenters. The van der Waals surface area contributed by atoms with Gasteiger partial charge in [0.1, 0.15) is 0 Å². The van der Waals surface area contributed by atoms with Gasteiger partial charge in [-0.05, 0) is 54.7 Å². The summed E-state index contributed by atoms with van der Waals surface area (Å²) in [4.78, 5) is 0. The van der Waals surface area contributed by atoms with Crippen LogP contribution in [0.3, 0.4) is 0 Å². The summed E-state index contributed by atoms with van der Waals surface area (Å²) in [5.41, 5.74) is 5.52. The average Bonchev–Trinajstić information content (AvgIpc) is 2.92. The van der Waals surface area contributed by atoms with Gasteiger partial charge in [0.25, 0.3) is 0 Å². The van der Waals surface area contributed by atoms with Gasteiger partial charge in [-0.1, -0.05) is 29.3 Å². The van der Waals surface area contributed by atoms with E-state index >= 15 is 0 Å². The zero-order valence-electron chi connectivity index (χ0n) is 10.2. The fourth-order valence-electron chi connectivity index (χ4n) is 4.06. The highest BCUT2D eigenvalue weighted by atomic mass is 35.5. The first kappa shape index (κ1) is 14.5. The van der Waals surface area contributed by atoms with Gasteiger partial charge in [0, 0.05) is 5.92 Å². The molecule has 0 saturated heterocycles. The molecule has 0 spiro atoms. The highest BCUT2D eigenvalue weighted by Gasteiger charge is 2.48. The second kappa shape index (κ2) is 5.58. The van der Waals surface area contributed by atoms with Crippen LogP contribution in [-0.2, 0) is 0 Å². The molecule has 3 rings (SSSR count). The van der Waals surface area contributed by atoms with Crippen molar-refractivity contribution in [2.45, 2.75) is 25.2 Å². The average molecular weight is 307 g/mol. The van der Waals surface area contributed by atoms with Gasteiger partial charge in [-0.2, -0.15) is 0 Å². The van der Waals surface area contributed by atoms with Crippen LogP contribution in [-0.4, -0.2) is 6.54 Å². The Hall–Kier alpha value is 0.0500. The van der Waals surface area contributed by atoms with E-state index in [0.717, 1.165) is 24.3 Å². The van der Waals surface area contributed by atoms with E-state index in [2.05, 4.69) is 17.9 Å². The van der Waals surface area contributed by atoms with Gasteiger partial charge in [-0.3, -0.25) is 0 Å². The van der Waals surface area contributed by atoms with Crippen LogP contribution in [0, 0.1) is 17.8 Å². The number of quaternary nitrogens is 1. The minimum absolute atomic E-state index is 0. The Morgan fingerprint density at radius 1 is 1.11 bits per heavy atom. The molecule has 0 amide bonds. The van der Waals surface area contributed by atoms with Crippen molar-refractivity contribution in [2.75, 3.05) is 6.54 Å². The second-order valence-electron chi connectivity index (χ2n) is 5.49. The lowest BCUT2D eigenvalue weighted by atomic mass is 9.75. The largest absolute Gasteiger partial charge is 1.00 e. The maximum Gasteiger partial charge on any atom is 0.0777 e. The number of hydrogen-bond donors (Lipinski definition) is 1. The van der Waals surface area contributed by atoms with E-state index < -0.39 is 0 Å². The zero-order valence-corrected chi connectivity index (χ0v) is 12.5. The first-order valence-electron chi connectivity index (χ1n) is 6.45. The molecule has 18 heavy (non-hydrogen) atoms. The van der Waals surface area contributed by atoms with Gasteiger partial charge in [0.2, 0.25) is 0 Å². The molecule has 100 valence electrons. The van der Waals surface area contributed by atoms with Gasteiger partial charge in [-0.15, -0.1) is 0 Å². The molecule has 0 aliphatic heterocycles. The summed E-state index contributed by atoms with van der Waals surface area (Å²) in [7, 11) is 0. The molecule has 0 aromatic heterocycles. The number of rotatable bonds is 2. The van der Waals surface area contributed by atoms with Gasteiger partial charge in [0.05, 0.1) is 16.6 Å². The molecule has 2 aliphatic carbocycles. The molecule has 0 unspecified atom stereocenters. The van der Waals surface area contributed by atoms with Crippen molar-refractivity contribution < 1.29 is 18.1 Å². The van der Waals surface area contributed by atoms with Crippen LogP contribution in [0.15, 0.2) is 18.2 Å². The van der Waals surface area contributed by atoms with Crippen LogP contribution >= 0.6 is 23.2 Å². The van der Waals surface area contributed by atoms with Crippen LogP contribution in [0.1, 0.15) is 30.7 Å². The lowest BCUT2D eigenvalue weighted by Crippen LogP contribution is -3.00. The Balaban J connectivity index is 0.00000120. The van der Waals surface area contributed by atoms with Crippen molar-refractivity contribution in [3.63, 3.8) is 0 Å². The molecular weight excluding hydrogens is 289 g/mol. The lowest BCUT2D eigenvalue weighted by Gasteiger charge is -2.29. The molecule has 2 saturated carbocycles. The molecule has 2 aliphatic rings. The van der Waals surface area contributed by atoms with Crippen LogP contribution in [0.25, 0.3) is 0 Å². The predicted molar refractivity (Wildman–Crippen MR) is 71.3 cm³/mol. The number of benzene rings is 1. The lowest BCUT2D eigenvalue weighted by molar-refractivity contribution is -0.382. The van der Waals surface area contributed by atoms with Gasteiger partial charge in [0.15, 0.2) is 0 Å². The summed E-state index contributed by atoms with van der Waals surface area (Å²) in [6.45, 7) is 1.05. The molecule has 1 aromatic rings. The Bertz CT molecular complexity index is 435. The van der Waals surface area contributed by atoms with Crippen LogP contribution in [0.4, 0.5) is 0 Å².